The van der Waals surface area contributed by atoms with Crippen molar-refractivity contribution in [1.29, 1.82) is 0 Å². The second kappa shape index (κ2) is 13.0. The van der Waals surface area contributed by atoms with Crippen LogP contribution in [-0.2, 0) is 20.8 Å². The first-order valence-electron chi connectivity index (χ1n) is 10.2. The molecule has 1 fully saturated rings. The topological polar surface area (TPSA) is 84.4 Å². The number of rotatable bonds is 9. The van der Waals surface area contributed by atoms with Crippen LogP contribution < -0.4 is 10.6 Å². The molecule has 2 N–H and O–H groups in total. The molecule has 1 aromatic carbocycles. The molecule has 0 unspecified atom stereocenters. The van der Waals surface area contributed by atoms with Crippen molar-refractivity contribution in [2.24, 2.45) is 4.99 Å². The van der Waals surface area contributed by atoms with E-state index in [0.717, 1.165) is 63.6 Å². The Labute approximate surface area is 173 Å². The van der Waals surface area contributed by atoms with Gasteiger partial charge in [-0.05, 0) is 43.9 Å². The number of carbonyl (C=O) groups is 1. The van der Waals surface area contributed by atoms with E-state index < -0.39 is 6.09 Å². The van der Waals surface area contributed by atoms with E-state index in [0.29, 0.717) is 18.3 Å². The second-order valence-electron chi connectivity index (χ2n) is 6.89. The SMILES string of the molecule is CCNC(=NCc1ccc(NC(=O)OC)cc1)N1CCC(OCCCOC)CC1. The van der Waals surface area contributed by atoms with E-state index in [2.05, 4.69) is 27.2 Å². The van der Waals surface area contributed by atoms with E-state index in [-0.39, 0.29) is 0 Å². The highest BCUT2D eigenvalue weighted by Gasteiger charge is 2.21. The lowest BCUT2D eigenvalue weighted by Crippen LogP contribution is -2.47. The quantitative estimate of drug-likeness (QED) is 0.373. The number of nitrogens with one attached hydrogen (secondary N) is 2. The first kappa shape index (κ1) is 23.0. The van der Waals surface area contributed by atoms with Crippen LogP contribution in [0.2, 0.25) is 0 Å². The fourth-order valence-electron chi connectivity index (χ4n) is 3.14. The monoisotopic (exact) mass is 406 g/mol. The van der Waals surface area contributed by atoms with E-state index in [4.69, 9.17) is 14.5 Å². The van der Waals surface area contributed by atoms with Crippen molar-refractivity contribution < 1.29 is 19.0 Å². The number of amides is 1. The molecule has 2 rings (SSSR count). The number of carbonyl (C=O) groups excluding carboxylic acids is 1. The van der Waals surface area contributed by atoms with E-state index >= 15 is 0 Å². The molecule has 1 aliphatic rings. The number of likely N-dealkylation sites (tertiary alicyclic amines) is 1. The third kappa shape index (κ3) is 8.29. The number of hydrogen-bond acceptors (Lipinski definition) is 5. The number of ether oxygens (including phenoxy) is 3. The third-order valence-electron chi connectivity index (χ3n) is 4.72. The summed E-state index contributed by atoms with van der Waals surface area (Å²) in [6.07, 6.45) is 2.79. The molecule has 1 aromatic rings. The molecule has 0 saturated carbocycles. The van der Waals surface area contributed by atoms with Crippen molar-refractivity contribution in [2.75, 3.05) is 52.4 Å². The molecule has 29 heavy (non-hydrogen) atoms. The van der Waals surface area contributed by atoms with Gasteiger partial charge in [0.25, 0.3) is 0 Å². The van der Waals surface area contributed by atoms with Crippen molar-refractivity contribution in [3.8, 4) is 0 Å². The summed E-state index contributed by atoms with van der Waals surface area (Å²) in [4.78, 5) is 18.3. The molecule has 162 valence electrons. The first-order chi connectivity index (χ1) is 14.2. The Bertz CT molecular complexity index is 628. The van der Waals surface area contributed by atoms with Gasteiger partial charge in [-0.2, -0.15) is 0 Å². The predicted octanol–water partition coefficient (Wildman–Crippen LogP) is 2.85. The van der Waals surface area contributed by atoms with Gasteiger partial charge < -0.3 is 24.4 Å². The molecule has 0 bridgehead atoms. The highest BCUT2D eigenvalue weighted by molar-refractivity contribution is 5.84. The van der Waals surface area contributed by atoms with Crippen molar-refractivity contribution in [3.05, 3.63) is 29.8 Å². The maximum Gasteiger partial charge on any atom is 0.411 e. The number of nitrogens with zero attached hydrogens (tertiary/aromatic N) is 2. The average Bonchev–Trinajstić information content (AvgIpc) is 2.75. The van der Waals surface area contributed by atoms with E-state index in [9.17, 15) is 4.79 Å². The fourth-order valence-corrected chi connectivity index (χ4v) is 3.14. The number of benzene rings is 1. The van der Waals surface area contributed by atoms with Crippen LogP contribution in [-0.4, -0.2) is 70.1 Å². The fraction of sp³-hybridized carbons (Fsp3) is 0.619. The minimum Gasteiger partial charge on any atom is -0.453 e. The van der Waals surface area contributed by atoms with E-state index in [1.54, 1.807) is 7.11 Å². The zero-order valence-corrected chi connectivity index (χ0v) is 17.8. The largest absolute Gasteiger partial charge is 0.453 e. The number of methoxy groups -OCH3 is 2. The van der Waals surface area contributed by atoms with Crippen LogP contribution in [0.3, 0.4) is 0 Å². The van der Waals surface area contributed by atoms with Gasteiger partial charge >= 0.3 is 6.09 Å². The molecule has 0 spiro atoms. The number of piperidine rings is 1. The molecule has 8 nitrogen and oxygen atoms in total. The van der Waals surface area contributed by atoms with Crippen LogP contribution in [0.1, 0.15) is 31.7 Å². The lowest BCUT2D eigenvalue weighted by molar-refractivity contribution is 0.00990. The maximum atomic E-state index is 11.3. The Hall–Kier alpha value is -2.32. The molecular formula is C21H34N4O4. The molecule has 0 radical (unpaired) electrons. The van der Waals surface area contributed by atoms with Crippen molar-refractivity contribution >= 4 is 17.7 Å². The zero-order chi connectivity index (χ0) is 20.9. The Morgan fingerprint density at radius 1 is 1.17 bits per heavy atom. The summed E-state index contributed by atoms with van der Waals surface area (Å²) < 4.78 is 15.6. The standard InChI is InChI=1S/C21H34N4O4/c1-4-22-20(25-12-10-19(11-13-25)29-15-5-14-27-2)23-16-17-6-8-18(9-7-17)24-21(26)28-3/h6-9,19H,4-5,10-16H2,1-3H3,(H,22,23)(H,24,26). The minimum atomic E-state index is -0.476. The van der Waals surface area contributed by atoms with Crippen molar-refractivity contribution in [2.45, 2.75) is 38.8 Å². The van der Waals surface area contributed by atoms with Gasteiger partial charge in [-0.1, -0.05) is 12.1 Å². The molecule has 1 amide bonds. The summed E-state index contributed by atoms with van der Waals surface area (Å²) in [7, 11) is 3.06. The van der Waals surface area contributed by atoms with Gasteiger partial charge in [0.05, 0.1) is 19.8 Å². The molecule has 1 saturated heterocycles. The van der Waals surface area contributed by atoms with Crippen molar-refractivity contribution in [1.82, 2.24) is 10.2 Å². The average molecular weight is 407 g/mol. The van der Waals surface area contributed by atoms with Gasteiger partial charge in [-0.15, -0.1) is 0 Å². The molecule has 8 heteroatoms. The summed E-state index contributed by atoms with van der Waals surface area (Å²) in [5.74, 6) is 0.932. The lowest BCUT2D eigenvalue weighted by atomic mass is 10.1. The van der Waals surface area contributed by atoms with Gasteiger partial charge in [-0.3, -0.25) is 5.32 Å². The van der Waals surface area contributed by atoms with Gasteiger partial charge in [0.15, 0.2) is 5.96 Å². The van der Waals surface area contributed by atoms with Gasteiger partial charge in [0.2, 0.25) is 0 Å². The van der Waals surface area contributed by atoms with Gasteiger partial charge in [0.1, 0.15) is 0 Å². The van der Waals surface area contributed by atoms with Gasteiger partial charge in [-0.25, -0.2) is 9.79 Å². The van der Waals surface area contributed by atoms with Crippen molar-refractivity contribution in [3.63, 3.8) is 0 Å². The smallest absolute Gasteiger partial charge is 0.411 e. The van der Waals surface area contributed by atoms with Crippen LogP contribution in [0.25, 0.3) is 0 Å². The van der Waals surface area contributed by atoms with Gasteiger partial charge in [0, 0.05) is 45.6 Å². The second-order valence-corrected chi connectivity index (χ2v) is 6.89. The highest BCUT2D eigenvalue weighted by atomic mass is 16.5. The summed E-state index contributed by atoms with van der Waals surface area (Å²) in [6, 6.07) is 7.61. The van der Waals surface area contributed by atoms with E-state index in [1.165, 1.54) is 7.11 Å². The summed E-state index contributed by atoms with van der Waals surface area (Å²) in [6.45, 7) is 6.85. The maximum absolute atomic E-state index is 11.3. The number of hydrogen-bond donors (Lipinski definition) is 2. The predicted molar refractivity (Wildman–Crippen MR) is 114 cm³/mol. The molecule has 1 aliphatic heterocycles. The molecule has 0 aliphatic carbocycles. The normalized spacial score (nSPS) is 15.3. The molecular weight excluding hydrogens is 372 g/mol. The molecule has 0 aromatic heterocycles. The Morgan fingerprint density at radius 2 is 1.90 bits per heavy atom. The summed E-state index contributed by atoms with van der Waals surface area (Å²) in [5, 5.41) is 6.03. The van der Waals surface area contributed by atoms with Crippen LogP contribution in [0.15, 0.2) is 29.3 Å². The van der Waals surface area contributed by atoms with Crippen LogP contribution in [0.5, 0.6) is 0 Å². The number of guanidine groups is 1. The first-order valence-corrected chi connectivity index (χ1v) is 10.2. The Kier molecular flexibility index (Phi) is 10.3. The Morgan fingerprint density at radius 3 is 2.52 bits per heavy atom. The number of anilines is 1. The van der Waals surface area contributed by atoms with Crippen LogP contribution in [0.4, 0.5) is 10.5 Å². The summed E-state index contributed by atoms with van der Waals surface area (Å²) >= 11 is 0. The third-order valence-corrected chi connectivity index (χ3v) is 4.72. The lowest BCUT2D eigenvalue weighted by Gasteiger charge is -2.34. The summed E-state index contributed by atoms with van der Waals surface area (Å²) in [5.41, 5.74) is 1.77. The highest BCUT2D eigenvalue weighted by Crippen LogP contribution is 2.15. The Balaban J connectivity index is 1.84. The minimum absolute atomic E-state index is 0.320. The van der Waals surface area contributed by atoms with E-state index in [1.807, 2.05) is 24.3 Å². The molecule has 0 atom stereocenters. The van der Waals surface area contributed by atoms with Crippen LogP contribution >= 0.6 is 0 Å². The van der Waals surface area contributed by atoms with Crippen LogP contribution in [0, 0.1) is 0 Å². The zero-order valence-electron chi connectivity index (χ0n) is 17.8. The molecule has 1 heterocycles. The number of aliphatic imine (C=N–C) groups is 1.